The number of thiazole rings is 1. The lowest BCUT2D eigenvalue weighted by Crippen LogP contribution is -2.19. The molecule has 0 saturated carbocycles. The Hall–Kier alpha value is -2.19. The van der Waals surface area contributed by atoms with Gasteiger partial charge in [-0.05, 0) is 24.8 Å². The van der Waals surface area contributed by atoms with E-state index in [1.807, 2.05) is 18.2 Å². The highest BCUT2D eigenvalue weighted by atomic mass is 32.1. The summed E-state index contributed by atoms with van der Waals surface area (Å²) in [7, 11) is 0. The predicted molar refractivity (Wildman–Crippen MR) is 77.6 cm³/mol. The van der Waals surface area contributed by atoms with Gasteiger partial charge in [0, 0.05) is 4.88 Å². The van der Waals surface area contributed by atoms with Crippen molar-refractivity contribution in [2.24, 2.45) is 0 Å². The van der Waals surface area contributed by atoms with Gasteiger partial charge in [-0.1, -0.05) is 30.3 Å². The minimum Gasteiger partial charge on any atom is -0.301 e. The van der Waals surface area contributed by atoms with E-state index in [2.05, 4.69) is 16.4 Å². The Morgan fingerprint density at radius 3 is 2.85 bits per heavy atom. The molecule has 3 rings (SSSR count). The maximum Gasteiger partial charge on any atom is 0.248 e. The van der Waals surface area contributed by atoms with Crippen molar-refractivity contribution in [3.05, 3.63) is 46.5 Å². The van der Waals surface area contributed by atoms with Crippen LogP contribution in [0.3, 0.4) is 0 Å². The van der Waals surface area contributed by atoms with Crippen molar-refractivity contribution >= 4 is 22.4 Å². The van der Waals surface area contributed by atoms with Crippen molar-refractivity contribution in [2.45, 2.75) is 25.2 Å². The van der Waals surface area contributed by atoms with Gasteiger partial charge in [-0.15, -0.1) is 11.3 Å². The minimum absolute atomic E-state index is 0.314. The Bertz CT molecular complexity index is 651. The molecule has 0 bridgehead atoms. The van der Waals surface area contributed by atoms with Gasteiger partial charge in [-0.25, -0.2) is 4.98 Å². The number of nitriles is 1. The first-order chi connectivity index (χ1) is 9.78. The molecule has 1 amide bonds. The molecule has 1 atom stereocenters. The van der Waals surface area contributed by atoms with Gasteiger partial charge < -0.3 is 5.32 Å². The molecule has 0 saturated heterocycles. The van der Waals surface area contributed by atoms with E-state index in [9.17, 15) is 10.1 Å². The standard InChI is InChI=1S/C15H13N3OS/c16-9-11(10-5-2-1-3-6-10)14(19)18-15-17-12-7-4-8-13(12)20-15/h1-3,5-6,11H,4,7-8H2,(H,17,18,19). The SMILES string of the molecule is N#CC(C(=O)Nc1nc2c(s1)CCC2)c1ccccc1. The van der Waals surface area contributed by atoms with E-state index in [1.54, 1.807) is 12.1 Å². The lowest BCUT2D eigenvalue weighted by atomic mass is 10.0. The molecule has 1 aromatic heterocycles. The molecule has 1 N–H and O–H groups in total. The van der Waals surface area contributed by atoms with Crippen LogP contribution in [0.15, 0.2) is 30.3 Å². The average Bonchev–Trinajstić information content (AvgIpc) is 3.01. The highest BCUT2D eigenvalue weighted by molar-refractivity contribution is 7.15. The number of nitrogens with one attached hydrogen (secondary N) is 1. The lowest BCUT2D eigenvalue weighted by molar-refractivity contribution is -0.116. The van der Waals surface area contributed by atoms with Crippen LogP contribution >= 0.6 is 11.3 Å². The minimum atomic E-state index is -0.796. The Morgan fingerprint density at radius 1 is 1.35 bits per heavy atom. The van der Waals surface area contributed by atoms with Gasteiger partial charge in [-0.3, -0.25) is 4.79 Å². The molecule has 0 fully saturated rings. The molecule has 20 heavy (non-hydrogen) atoms. The molecule has 0 aliphatic heterocycles. The predicted octanol–water partition coefficient (Wildman–Crippen LogP) is 2.88. The largest absolute Gasteiger partial charge is 0.301 e. The summed E-state index contributed by atoms with van der Waals surface area (Å²) in [6.45, 7) is 0. The van der Waals surface area contributed by atoms with Gasteiger partial charge in [0.05, 0.1) is 11.8 Å². The van der Waals surface area contributed by atoms with Gasteiger partial charge in [0.25, 0.3) is 0 Å². The van der Waals surface area contributed by atoms with Crippen LogP contribution in [0.5, 0.6) is 0 Å². The summed E-state index contributed by atoms with van der Waals surface area (Å²) < 4.78 is 0. The first kappa shape index (κ1) is 12.8. The first-order valence-corrected chi connectivity index (χ1v) is 7.33. The average molecular weight is 283 g/mol. The molecule has 1 aliphatic carbocycles. The van der Waals surface area contributed by atoms with Crippen molar-refractivity contribution < 1.29 is 4.79 Å². The van der Waals surface area contributed by atoms with Crippen LogP contribution in [0, 0.1) is 11.3 Å². The Kier molecular flexibility index (Phi) is 3.48. The maximum atomic E-state index is 12.2. The number of amides is 1. The fourth-order valence-electron chi connectivity index (χ4n) is 2.35. The van der Waals surface area contributed by atoms with Crippen LogP contribution in [-0.4, -0.2) is 10.9 Å². The second kappa shape index (κ2) is 5.43. The molecule has 2 aromatic rings. The Labute approximate surface area is 121 Å². The molecule has 100 valence electrons. The van der Waals surface area contributed by atoms with Gasteiger partial charge in [0.2, 0.25) is 5.91 Å². The summed E-state index contributed by atoms with van der Waals surface area (Å²) in [5, 5.41) is 12.6. The van der Waals surface area contributed by atoms with Crippen LogP contribution < -0.4 is 5.32 Å². The van der Waals surface area contributed by atoms with E-state index >= 15 is 0 Å². The van der Waals surface area contributed by atoms with Gasteiger partial charge >= 0.3 is 0 Å². The quantitative estimate of drug-likeness (QED) is 0.942. The molecule has 1 unspecified atom stereocenters. The normalized spacial score (nSPS) is 14.3. The summed E-state index contributed by atoms with van der Waals surface area (Å²) >= 11 is 1.52. The van der Waals surface area contributed by atoms with Crippen molar-refractivity contribution in [1.29, 1.82) is 5.26 Å². The zero-order valence-corrected chi connectivity index (χ0v) is 11.6. The zero-order valence-electron chi connectivity index (χ0n) is 10.8. The van der Waals surface area contributed by atoms with Gasteiger partial charge in [0.1, 0.15) is 0 Å². The smallest absolute Gasteiger partial charge is 0.248 e. The molecule has 5 heteroatoms. The zero-order chi connectivity index (χ0) is 13.9. The highest BCUT2D eigenvalue weighted by Gasteiger charge is 2.23. The Morgan fingerprint density at radius 2 is 2.15 bits per heavy atom. The summed E-state index contributed by atoms with van der Waals surface area (Å²) in [5.41, 5.74) is 1.80. The molecule has 1 aliphatic rings. The van der Waals surface area contributed by atoms with Crippen LogP contribution in [0.4, 0.5) is 5.13 Å². The number of carbonyl (C=O) groups excluding carboxylic acids is 1. The maximum absolute atomic E-state index is 12.2. The fourth-order valence-corrected chi connectivity index (χ4v) is 3.40. The molecule has 0 spiro atoms. The van der Waals surface area contributed by atoms with Crippen LogP contribution in [0.2, 0.25) is 0 Å². The summed E-state index contributed by atoms with van der Waals surface area (Å²) in [4.78, 5) is 17.9. The summed E-state index contributed by atoms with van der Waals surface area (Å²) in [6, 6.07) is 11.1. The van der Waals surface area contributed by atoms with E-state index in [0.717, 1.165) is 25.0 Å². The van der Waals surface area contributed by atoms with Crippen LogP contribution in [0.1, 0.15) is 28.5 Å². The molecule has 0 radical (unpaired) electrons. The third-order valence-electron chi connectivity index (χ3n) is 3.35. The number of carbonyl (C=O) groups is 1. The second-order valence-electron chi connectivity index (χ2n) is 4.70. The third-order valence-corrected chi connectivity index (χ3v) is 4.42. The highest BCUT2D eigenvalue weighted by Crippen LogP contribution is 2.31. The monoisotopic (exact) mass is 283 g/mol. The number of benzene rings is 1. The van der Waals surface area contributed by atoms with Crippen molar-refractivity contribution in [2.75, 3.05) is 5.32 Å². The van der Waals surface area contributed by atoms with Gasteiger partial charge in [-0.2, -0.15) is 5.26 Å². The van der Waals surface area contributed by atoms with E-state index in [-0.39, 0.29) is 5.91 Å². The van der Waals surface area contributed by atoms with Crippen molar-refractivity contribution in [3.8, 4) is 6.07 Å². The molecular weight excluding hydrogens is 270 g/mol. The van der Waals surface area contributed by atoms with Gasteiger partial charge in [0.15, 0.2) is 11.0 Å². The molecule has 1 heterocycles. The number of fused-ring (bicyclic) bond motifs is 1. The van der Waals surface area contributed by atoms with Crippen molar-refractivity contribution in [3.63, 3.8) is 0 Å². The molecule has 4 nitrogen and oxygen atoms in total. The molecular formula is C15H13N3OS. The van der Waals surface area contributed by atoms with E-state index in [1.165, 1.54) is 16.2 Å². The van der Waals surface area contributed by atoms with Crippen LogP contribution in [-0.2, 0) is 17.6 Å². The van der Waals surface area contributed by atoms with Crippen molar-refractivity contribution in [1.82, 2.24) is 4.98 Å². The number of nitrogens with zero attached hydrogens (tertiary/aromatic N) is 2. The lowest BCUT2D eigenvalue weighted by Gasteiger charge is -2.08. The number of rotatable bonds is 3. The van der Waals surface area contributed by atoms with E-state index in [0.29, 0.717) is 10.7 Å². The van der Waals surface area contributed by atoms with E-state index < -0.39 is 5.92 Å². The second-order valence-corrected chi connectivity index (χ2v) is 5.79. The van der Waals surface area contributed by atoms with Crippen LogP contribution in [0.25, 0.3) is 0 Å². The summed E-state index contributed by atoms with van der Waals surface area (Å²) in [6.07, 6.45) is 3.18. The number of hydrogen-bond acceptors (Lipinski definition) is 4. The third kappa shape index (κ3) is 2.43. The topological polar surface area (TPSA) is 65.8 Å². The first-order valence-electron chi connectivity index (χ1n) is 6.52. The Balaban J connectivity index is 1.76. The summed E-state index contributed by atoms with van der Waals surface area (Å²) in [5.74, 6) is -1.11. The number of aromatic nitrogens is 1. The fraction of sp³-hybridized carbons (Fsp3) is 0.267. The molecule has 1 aromatic carbocycles. The number of anilines is 1. The number of aryl methyl sites for hydroxylation is 2. The van der Waals surface area contributed by atoms with E-state index in [4.69, 9.17) is 0 Å². The number of hydrogen-bond donors (Lipinski definition) is 1.